The summed E-state index contributed by atoms with van der Waals surface area (Å²) in [6.07, 6.45) is 2.52. The molecule has 0 aromatic heterocycles. The number of benzene rings is 2. The normalized spacial score (nSPS) is 10.5. The summed E-state index contributed by atoms with van der Waals surface area (Å²) in [6, 6.07) is 14.0. The predicted octanol–water partition coefficient (Wildman–Crippen LogP) is 3.80. The van der Waals surface area contributed by atoms with Gasteiger partial charge in [0.2, 0.25) is 0 Å². The molecule has 0 spiro atoms. The van der Waals surface area contributed by atoms with Gasteiger partial charge in [0.15, 0.2) is 0 Å². The van der Waals surface area contributed by atoms with E-state index in [4.69, 9.17) is 5.11 Å². The minimum absolute atomic E-state index is 0.226. The lowest BCUT2D eigenvalue weighted by atomic mass is 10.1. The van der Waals surface area contributed by atoms with E-state index in [0.717, 1.165) is 10.5 Å². The van der Waals surface area contributed by atoms with Crippen LogP contribution in [0.15, 0.2) is 59.1 Å². The maximum atomic E-state index is 12.1. The molecule has 2 aromatic rings. The summed E-state index contributed by atoms with van der Waals surface area (Å²) < 4.78 is 0.827. The Morgan fingerprint density at radius 3 is 2.57 bits per heavy atom. The van der Waals surface area contributed by atoms with E-state index in [9.17, 15) is 9.59 Å². The van der Waals surface area contributed by atoms with Gasteiger partial charge in [-0.2, -0.15) is 0 Å². The van der Waals surface area contributed by atoms with Crippen LogP contribution in [0.4, 0.5) is 5.69 Å². The highest BCUT2D eigenvalue weighted by molar-refractivity contribution is 9.10. The standard InChI is InChI=1S/C16H12BrNO3/c17-13-5-2-4-12(10-13)16(21)18-14-6-1-3-11(9-14)7-8-15(19)20/h1-10H,(H,18,21)(H,19,20)/b8-7+. The number of halogens is 1. The Kier molecular flexibility index (Phi) is 4.90. The van der Waals surface area contributed by atoms with Crippen LogP contribution >= 0.6 is 15.9 Å². The van der Waals surface area contributed by atoms with Crippen LogP contribution in [0, 0.1) is 0 Å². The molecular weight excluding hydrogens is 334 g/mol. The molecule has 2 aromatic carbocycles. The Labute approximate surface area is 130 Å². The lowest BCUT2D eigenvalue weighted by Crippen LogP contribution is -2.11. The van der Waals surface area contributed by atoms with Crippen molar-refractivity contribution in [1.29, 1.82) is 0 Å². The van der Waals surface area contributed by atoms with Gasteiger partial charge in [-0.3, -0.25) is 4.79 Å². The number of anilines is 1. The molecule has 0 atom stereocenters. The molecule has 1 amide bonds. The summed E-state index contributed by atoms with van der Waals surface area (Å²) in [5.41, 5.74) is 1.84. The molecular formula is C16H12BrNO3. The van der Waals surface area contributed by atoms with Crippen LogP contribution < -0.4 is 5.32 Å². The summed E-state index contributed by atoms with van der Waals surface area (Å²) in [4.78, 5) is 22.6. The van der Waals surface area contributed by atoms with E-state index >= 15 is 0 Å². The summed E-state index contributed by atoms with van der Waals surface area (Å²) in [6.45, 7) is 0. The van der Waals surface area contributed by atoms with Crippen molar-refractivity contribution in [2.75, 3.05) is 5.32 Å². The first kappa shape index (κ1) is 15.0. The van der Waals surface area contributed by atoms with Crippen molar-refractivity contribution < 1.29 is 14.7 Å². The van der Waals surface area contributed by atoms with Crippen molar-refractivity contribution >= 4 is 39.6 Å². The summed E-state index contributed by atoms with van der Waals surface area (Å²) in [7, 11) is 0. The third kappa shape index (κ3) is 4.57. The van der Waals surface area contributed by atoms with Crippen molar-refractivity contribution in [2.45, 2.75) is 0 Å². The summed E-state index contributed by atoms with van der Waals surface area (Å²) in [5, 5.41) is 11.4. The molecule has 0 aliphatic heterocycles. The van der Waals surface area contributed by atoms with Crippen LogP contribution in [-0.4, -0.2) is 17.0 Å². The second-order valence-electron chi connectivity index (χ2n) is 4.26. The van der Waals surface area contributed by atoms with Gasteiger partial charge in [0.1, 0.15) is 0 Å². The Balaban J connectivity index is 2.14. The van der Waals surface area contributed by atoms with Crippen LogP contribution in [0.25, 0.3) is 6.08 Å². The van der Waals surface area contributed by atoms with E-state index in [-0.39, 0.29) is 5.91 Å². The topological polar surface area (TPSA) is 66.4 Å². The largest absolute Gasteiger partial charge is 0.478 e. The molecule has 106 valence electrons. The first-order valence-electron chi connectivity index (χ1n) is 6.12. The smallest absolute Gasteiger partial charge is 0.328 e. The lowest BCUT2D eigenvalue weighted by molar-refractivity contribution is -0.131. The van der Waals surface area contributed by atoms with E-state index in [1.54, 1.807) is 42.5 Å². The van der Waals surface area contributed by atoms with Crippen LogP contribution in [0.2, 0.25) is 0 Å². The molecule has 2 rings (SSSR count). The van der Waals surface area contributed by atoms with E-state index in [1.807, 2.05) is 6.07 Å². The number of nitrogens with one attached hydrogen (secondary N) is 1. The van der Waals surface area contributed by atoms with Gasteiger partial charge in [0, 0.05) is 21.8 Å². The first-order chi connectivity index (χ1) is 10.0. The number of carbonyl (C=O) groups is 2. The average molecular weight is 346 g/mol. The number of rotatable bonds is 4. The fraction of sp³-hybridized carbons (Fsp3) is 0. The second kappa shape index (κ2) is 6.85. The number of aliphatic carboxylic acids is 1. The van der Waals surface area contributed by atoms with Crippen molar-refractivity contribution in [2.24, 2.45) is 0 Å². The highest BCUT2D eigenvalue weighted by atomic mass is 79.9. The Bertz CT molecular complexity index is 710. The van der Waals surface area contributed by atoms with E-state index in [2.05, 4.69) is 21.2 Å². The van der Waals surface area contributed by atoms with Crippen LogP contribution in [0.3, 0.4) is 0 Å². The predicted molar refractivity (Wildman–Crippen MR) is 85.2 cm³/mol. The molecule has 4 nitrogen and oxygen atoms in total. The van der Waals surface area contributed by atoms with Gasteiger partial charge >= 0.3 is 5.97 Å². The number of hydrogen-bond donors (Lipinski definition) is 2. The van der Waals surface area contributed by atoms with Crippen molar-refractivity contribution in [3.05, 3.63) is 70.2 Å². The molecule has 0 aliphatic rings. The number of carboxylic acids is 1. The van der Waals surface area contributed by atoms with Gasteiger partial charge in [-0.1, -0.05) is 34.1 Å². The molecule has 0 saturated heterocycles. The highest BCUT2D eigenvalue weighted by Crippen LogP contribution is 2.16. The zero-order chi connectivity index (χ0) is 15.2. The third-order valence-electron chi connectivity index (χ3n) is 2.65. The minimum atomic E-state index is -1.02. The Morgan fingerprint density at radius 2 is 1.86 bits per heavy atom. The molecule has 0 bridgehead atoms. The molecule has 0 unspecified atom stereocenters. The fourth-order valence-electron chi connectivity index (χ4n) is 1.72. The summed E-state index contributed by atoms with van der Waals surface area (Å²) in [5.74, 6) is -1.24. The van der Waals surface area contributed by atoms with Crippen LogP contribution in [0.5, 0.6) is 0 Å². The highest BCUT2D eigenvalue weighted by Gasteiger charge is 2.06. The van der Waals surface area contributed by atoms with Crippen molar-refractivity contribution in [1.82, 2.24) is 0 Å². The molecule has 5 heteroatoms. The fourth-order valence-corrected chi connectivity index (χ4v) is 2.12. The Morgan fingerprint density at radius 1 is 1.10 bits per heavy atom. The van der Waals surface area contributed by atoms with E-state index in [0.29, 0.717) is 16.8 Å². The van der Waals surface area contributed by atoms with Crippen LogP contribution in [0.1, 0.15) is 15.9 Å². The molecule has 0 saturated carbocycles. The monoisotopic (exact) mass is 345 g/mol. The van der Waals surface area contributed by atoms with Crippen LogP contribution in [-0.2, 0) is 4.79 Å². The van der Waals surface area contributed by atoms with Gasteiger partial charge < -0.3 is 10.4 Å². The average Bonchev–Trinajstić information content (AvgIpc) is 2.45. The Hall–Kier alpha value is -2.40. The number of amides is 1. The van der Waals surface area contributed by atoms with Gasteiger partial charge in [0.25, 0.3) is 5.91 Å². The minimum Gasteiger partial charge on any atom is -0.478 e. The first-order valence-corrected chi connectivity index (χ1v) is 6.92. The number of carbonyl (C=O) groups excluding carboxylic acids is 1. The molecule has 0 radical (unpaired) electrons. The quantitative estimate of drug-likeness (QED) is 0.828. The third-order valence-corrected chi connectivity index (χ3v) is 3.14. The lowest BCUT2D eigenvalue weighted by Gasteiger charge is -2.06. The summed E-state index contributed by atoms with van der Waals surface area (Å²) >= 11 is 3.32. The molecule has 0 heterocycles. The second-order valence-corrected chi connectivity index (χ2v) is 5.18. The van der Waals surface area contributed by atoms with Gasteiger partial charge in [-0.25, -0.2) is 4.79 Å². The van der Waals surface area contributed by atoms with Crippen molar-refractivity contribution in [3.63, 3.8) is 0 Å². The van der Waals surface area contributed by atoms with Gasteiger partial charge in [0.05, 0.1) is 0 Å². The number of carboxylic acid groups (broad SMARTS) is 1. The molecule has 21 heavy (non-hydrogen) atoms. The SMILES string of the molecule is O=C(O)/C=C/c1cccc(NC(=O)c2cccc(Br)c2)c1. The van der Waals surface area contributed by atoms with Gasteiger partial charge in [-0.15, -0.1) is 0 Å². The maximum Gasteiger partial charge on any atom is 0.328 e. The molecule has 0 fully saturated rings. The molecule has 2 N–H and O–H groups in total. The zero-order valence-corrected chi connectivity index (χ0v) is 12.5. The molecule has 0 aliphatic carbocycles. The van der Waals surface area contributed by atoms with Gasteiger partial charge in [-0.05, 0) is 42.0 Å². The zero-order valence-electron chi connectivity index (χ0n) is 10.9. The van der Waals surface area contributed by atoms with Crippen molar-refractivity contribution in [3.8, 4) is 0 Å². The maximum absolute atomic E-state index is 12.1. The van der Waals surface area contributed by atoms with E-state index < -0.39 is 5.97 Å². The van der Waals surface area contributed by atoms with E-state index in [1.165, 1.54) is 6.08 Å². The number of hydrogen-bond acceptors (Lipinski definition) is 2.